The number of hydrogen-bond acceptors (Lipinski definition) is 3. The number of nitrogens with zero attached hydrogens (tertiary/aromatic N) is 1. The number of carbonyl (C=O) groups is 1. The molecule has 1 aromatic heterocycles. The normalized spacial score (nSPS) is 10.2. The molecule has 0 fully saturated rings. The van der Waals surface area contributed by atoms with Crippen LogP contribution in [0.1, 0.15) is 29.3 Å². The van der Waals surface area contributed by atoms with Gasteiger partial charge in [0.15, 0.2) is 5.82 Å². The summed E-state index contributed by atoms with van der Waals surface area (Å²) in [4.78, 5) is 15.8. The number of hydrogen-bond donors (Lipinski definition) is 2. The minimum Gasteiger partial charge on any atom is -0.385 e. The maximum Gasteiger partial charge on any atom is 0.255 e. The van der Waals surface area contributed by atoms with Crippen molar-refractivity contribution in [2.45, 2.75) is 20.3 Å². The van der Waals surface area contributed by atoms with Gasteiger partial charge in [-0.25, -0.2) is 4.39 Å². The van der Waals surface area contributed by atoms with Crippen molar-refractivity contribution in [2.75, 3.05) is 17.2 Å². The summed E-state index contributed by atoms with van der Waals surface area (Å²) in [6.45, 7) is 4.91. The highest BCUT2D eigenvalue weighted by atomic mass is 19.1. The quantitative estimate of drug-likeness (QED) is 0.883. The summed E-state index contributed by atoms with van der Waals surface area (Å²) >= 11 is 0. The molecule has 0 bridgehead atoms. The molecule has 0 radical (unpaired) electrons. The second-order valence-electron chi connectivity index (χ2n) is 4.77. The van der Waals surface area contributed by atoms with Gasteiger partial charge in [-0.2, -0.15) is 0 Å². The van der Waals surface area contributed by atoms with Gasteiger partial charge in [-0.3, -0.25) is 9.78 Å². The zero-order valence-electron chi connectivity index (χ0n) is 12.1. The Balaban J connectivity index is 2.13. The van der Waals surface area contributed by atoms with Gasteiger partial charge in [-0.1, -0.05) is 6.92 Å². The van der Waals surface area contributed by atoms with E-state index in [1.807, 2.05) is 13.0 Å². The van der Waals surface area contributed by atoms with Gasteiger partial charge < -0.3 is 10.6 Å². The van der Waals surface area contributed by atoms with Crippen molar-refractivity contribution in [2.24, 2.45) is 0 Å². The fourth-order valence-electron chi connectivity index (χ4n) is 1.93. The van der Waals surface area contributed by atoms with Crippen LogP contribution >= 0.6 is 0 Å². The molecule has 0 aliphatic carbocycles. The second kappa shape index (κ2) is 6.83. The molecule has 110 valence electrons. The molecule has 1 amide bonds. The van der Waals surface area contributed by atoms with Crippen LogP contribution < -0.4 is 10.6 Å². The Morgan fingerprint density at radius 1 is 1.29 bits per heavy atom. The molecule has 0 unspecified atom stereocenters. The summed E-state index contributed by atoms with van der Waals surface area (Å²) in [5.74, 6) is -0.894. The van der Waals surface area contributed by atoms with Crippen LogP contribution in [0.2, 0.25) is 0 Å². The Bertz CT molecular complexity index is 643. The van der Waals surface area contributed by atoms with Crippen LogP contribution in [0.15, 0.2) is 36.7 Å². The summed E-state index contributed by atoms with van der Waals surface area (Å²) in [5.41, 5.74) is 2.60. The van der Waals surface area contributed by atoms with Crippen molar-refractivity contribution in [3.05, 3.63) is 53.6 Å². The molecule has 5 heteroatoms. The first-order valence-electron chi connectivity index (χ1n) is 6.87. The summed E-state index contributed by atoms with van der Waals surface area (Å²) in [7, 11) is 0. The fraction of sp³-hybridized carbons (Fsp3) is 0.250. The predicted octanol–water partition coefficient (Wildman–Crippen LogP) is 3.60. The summed E-state index contributed by atoms with van der Waals surface area (Å²) < 4.78 is 13.5. The second-order valence-corrected chi connectivity index (χ2v) is 4.77. The Kier molecular flexibility index (Phi) is 4.87. The number of aromatic nitrogens is 1. The van der Waals surface area contributed by atoms with Gasteiger partial charge in [-0.15, -0.1) is 0 Å². The van der Waals surface area contributed by atoms with Gasteiger partial charge in [0, 0.05) is 24.0 Å². The molecule has 2 aromatic rings. The van der Waals surface area contributed by atoms with E-state index in [1.165, 1.54) is 12.3 Å². The van der Waals surface area contributed by atoms with Crippen molar-refractivity contribution >= 4 is 17.3 Å². The number of pyridine rings is 1. The monoisotopic (exact) mass is 287 g/mol. The highest BCUT2D eigenvalue weighted by Gasteiger charge is 2.10. The van der Waals surface area contributed by atoms with Crippen LogP contribution in [0.4, 0.5) is 15.8 Å². The van der Waals surface area contributed by atoms with Crippen LogP contribution in [0.3, 0.4) is 0 Å². The van der Waals surface area contributed by atoms with E-state index in [9.17, 15) is 9.18 Å². The van der Waals surface area contributed by atoms with Crippen LogP contribution in [-0.4, -0.2) is 17.4 Å². The third-order valence-electron chi connectivity index (χ3n) is 3.07. The van der Waals surface area contributed by atoms with Crippen LogP contribution in [0, 0.1) is 12.7 Å². The fourth-order valence-corrected chi connectivity index (χ4v) is 1.93. The third-order valence-corrected chi connectivity index (χ3v) is 3.07. The van der Waals surface area contributed by atoms with Crippen molar-refractivity contribution in [3.8, 4) is 0 Å². The molecular weight excluding hydrogens is 269 g/mol. The van der Waals surface area contributed by atoms with Crippen molar-refractivity contribution in [1.29, 1.82) is 0 Å². The lowest BCUT2D eigenvalue weighted by Gasteiger charge is -2.11. The lowest BCUT2D eigenvalue weighted by molar-refractivity contribution is 0.102. The van der Waals surface area contributed by atoms with E-state index >= 15 is 0 Å². The molecule has 21 heavy (non-hydrogen) atoms. The zero-order chi connectivity index (χ0) is 15.2. The number of amides is 1. The van der Waals surface area contributed by atoms with Crippen molar-refractivity contribution in [3.63, 3.8) is 0 Å². The van der Waals surface area contributed by atoms with E-state index < -0.39 is 5.82 Å². The molecule has 0 spiro atoms. The van der Waals surface area contributed by atoms with Gasteiger partial charge in [0.05, 0.1) is 11.9 Å². The molecule has 0 saturated heterocycles. The highest BCUT2D eigenvalue weighted by Crippen LogP contribution is 2.18. The SMILES string of the molecule is CCCNc1ccc(C(=O)Nc2ccncc2F)cc1C. The van der Waals surface area contributed by atoms with Crippen LogP contribution in [-0.2, 0) is 0 Å². The number of rotatable bonds is 5. The first-order chi connectivity index (χ1) is 10.1. The van der Waals surface area contributed by atoms with Gasteiger partial charge in [-0.05, 0) is 43.2 Å². The average molecular weight is 287 g/mol. The molecule has 2 N–H and O–H groups in total. The number of aryl methyl sites for hydroxylation is 1. The van der Waals surface area contributed by atoms with Gasteiger partial charge in [0.1, 0.15) is 0 Å². The molecule has 0 atom stereocenters. The number of benzene rings is 1. The highest BCUT2D eigenvalue weighted by molar-refractivity contribution is 6.04. The van der Waals surface area contributed by atoms with E-state index in [2.05, 4.69) is 22.5 Å². The molecule has 1 heterocycles. The Labute approximate surface area is 123 Å². The summed E-state index contributed by atoms with van der Waals surface area (Å²) in [5, 5.41) is 5.83. The number of halogens is 1. The molecule has 0 saturated carbocycles. The molecule has 0 aliphatic rings. The lowest BCUT2D eigenvalue weighted by atomic mass is 10.1. The van der Waals surface area contributed by atoms with E-state index in [0.717, 1.165) is 30.4 Å². The summed E-state index contributed by atoms with van der Waals surface area (Å²) in [6.07, 6.45) is 3.53. The number of anilines is 2. The standard InChI is InChI=1S/C16H18FN3O/c1-3-7-19-14-5-4-12(9-11(14)2)16(21)20-15-6-8-18-10-13(15)17/h4-6,8-10,19H,3,7H2,1-2H3,(H,18,20,21). The van der Waals surface area contributed by atoms with Gasteiger partial charge in [0.2, 0.25) is 0 Å². The van der Waals surface area contributed by atoms with Gasteiger partial charge in [0.25, 0.3) is 5.91 Å². The van der Waals surface area contributed by atoms with E-state index in [-0.39, 0.29) is 11.6 Å². The molecular formula is C16H18FN3O. The molecule has 2 rings (SSSR count). The van der Waals surface area contributed by atoms with E-state index in [4.69, 9.17) is 0 Å². The van der Waals surface area contributed by atoms with Gasteiger partial charge >= 0.3 is 0 Å². The lowest BCUT2D eigenvalue weighted by Crippen LogP contribution is -2.13. The third kappa shape index (κ3) is 3.78. The van der Waals surface area contributed by atoms with E-state index in [1.54, 1.807) is 12.1 Å². The minimum atomic E-state index is -0.552. The number of nitrogens with one attached hydrogen (secondary N) is 2. The van der Waals surface area contributed by atoms with E-state index in [0.29, 0.717) is 5.56 Å². The van der Waals surface area contributed by atoms with Crippen LogP contribution in [0.25, 0.3) is 0 Å². The van der Waals surface area contributed by atoms with Crippen LogP contribution in [0.5, 0.6) is 0 Å². The topological polar surface area (TPSA) is 54.0 Å². The Morgan fingerprint density at radius 3 is 2.76 bits per heavy atom. The maximum absolute atomic E-state index is 13.5. The number of carbonyl (C=O) groups excluding carboxylic acids is 1. The minimum absolute atomic E-state index is 0.126. The predicted molar refractivity (Wildman–Crippen MR) is 82.1 cm³/mol. The Morgan fingerprint density at radius 2 is 2.10 bits per heavy atom. The molecule has 0 aliphatic heterocycles. The summed E-state index contributed by atoms with van der Waals surface area (Å²) in [6, 6.07) is 6.80. The smallest absolute Gasteiger partial charge is 0.255 e. The zero-order valence-corrected chi connectivity index (χ0v) is 12.1. The average Bonchev–Trinajstić information content (AvgIpc) is 2.48. The first kappa shape index (κ1) is 15.0. The van der Waals surface area contributed by atoms with Crippen molar-refractivity contribution in [1.82, 2.24) is 4.98 Å². The largest absolute Gasteiger partial charge is 0.385 e. The molecule has 1 aromatic carbocycles. The molecule has 4 nitrogen and oxygen atoms in total. The Hall–Kier alpha value is -2.43. The maximum atomic E-state index is 13.5. The van der Waals surface area contributed by atoms with Crippen molar-refractivity contribution < 1.29 is 9.18 Å². The first-order valence-corrected chi connectivity index (χ1v) is 6.87.